The maximum Gasteiger partial charge on any atom is 0.189 e. The van der Waals surface area contributed by atoms with Crippen molar-refractivity contribution in [3.63, 3.8) is 0 Å². The van der Waals surface area contributed by atoms with Crippen LogP contribution >= 0.6 is 0 Å². The Balaban J connectivity index is 2.30. The molecule has 2 rings (SSSR count). The summed E-state index contributed by atoms with van der Waals surface area (Å²) in [6, 6.07) is 7.71. The number of methoxy groups -OCH3 is 1. The standard InChI is InChI=1S/C15H19N3O2/c1-3-18-15(14(20-2)10-17-18)13(19)8-11-6-4-5-7-12(11)9-16/h4-7,10H,3,8-9,16H2,1-2H3. The number of rotatable bonds is 6. The number of nitrogens with two attached hydrogens (primary N) is 1. The summed E-state index contributed by atoms with van der Waals surface area (Å²) in [5.41, 5.74) is 8.16. The van der Waals surface area contributed by atoms with Crippen LogP contribution in [0, 0.1) is 0 Å². The average molecular weight is 273 g/mol. The van der Waals surface area contributed by atoms with E-state index >= 15 is 0 Å². The first-order valence-corrected chi connectivity index (χ1v) is 6.61. The molecule has 106 valence electrons. The summed E-state index contributed by atoms with van der Waals surface area (Å²) in [4.78, 5) is 12.5. The van der Waals surface area contributed by atoms with Crippen molar-refractivity contribution in [1.82, 2.24) is 9.78 Å². The Kier molecular flexibility index (Phi) is 4.53. The molecule has 20 heavy (non-hydrogen) atoms. The molecular formula is C15H19N3O2. The van der Waals surface area contributed by atoms with E-state index in [0.717, 1.165) is 11.1 Å². The number of nitrogens with zero attached hydrogens (tertiary/aromatic N) is 2. The molecule has 0 aliphatic carbocycles. The monoisotopic (exact) mass is 273 g/mol. The number of benzene rings is 1. The molecule has 0 spiro atoms. The third kappa shape index (κ3) is 2.72. The van der Waals surface area contributed by atoms with E-state index in [2.05, 4.69) is 5.10 Å². The minimum atomic E-state index is -0.0119. The molecule has 0 aliphatic rings. The van der Waals surface area contributed by atoms with Gasteiger partial charge in [-0.2, -0.15) is 5.10 Å². The second kappa shape index (κ2) is 6.34. The Labute approximate surface area is 118 Å². The van der Waals surface area contributed by atoms with E-state index in [1.165, 1.54) is 0 Å². The van der Waals surface area contributed by atoms with Crippen molar-refractivity contribution in [2.24, 2.45) is 5.73 Å². The fourth-order valence-electron chi connectivity index (χ4n) is 2.22. The van der Waals surface area contributed by atoms with Crippen molar-refractivity contribution in [2.45, 2.75) is 26.4 Å². The molecule has 0 fully saturated rings. The van der Waals surface area contributed by atoms with Crippen molar-refractivity contribution in [3.05, 3.63) is 47.3 Å². The SMILES string of the molecule is CCn1ncc(OC)c1C(=O)Cc1ccccc1CN. The van der Waals surface area contributed by atoms with Gasteiger partial charge in [-0.15, -0.1) is 0 Å². The molecule has 0 unspecified atom stereocenters. The van der Waals surface area contributed by atoms with Crippen LogP contribution in [0.3, 0.4) is 0 Å². The van der Waals surface area contributed by atoms with Crippen molar-refractivity contribution in [1.29, 1.82) is 0 Å². The first-order chi connectivity index (χ1) is 9.71. The maximum atomic E-state index is 12.5. The molecule has 0 amide bonds. The van der Waals surface area contributed by atoms with Gasteiger partial charge in [0, 0.05) is 19.5 Å². The second-order valence-electron chi connectivity index (χ2n) is 4.45. The normalized spacial score (nSPS) is 10.6. The number of Topliss-reactive ketones (excluding diaryl/α,β-unsaturated/α-hetero) is 1. The zero-order valence-corrected chi connectivity index (χ0v) is 11.8. The van der Waals surface area contributed by atoms with Gasteiger partial charge in [0.1, 0.15) is 5.69 Å². The van der Waals surface area contributed by atoms with Gasteiger partial charge in [0.25, 0.3) is 0 Å². The minimum absolute atomic E-state index is 0.0119. The number of hydrogen-bond donors (Lipinski definition) is 1. The van der Waals surface area contributed by atoms with Crippen LogP contribution in [0.1, 0.15) is 28.5 Å². The summed E-state index contributed by atoms with van der Waals surface area (Å²) in [7, 11) is 1.54. The van der Waals surface area contributed by atoms with Gasteiger partial charge in [0.15, 0.2) is 11.5 Å². The molecule has 0 atom stereocenters. The first-order valence-electron chi connectivity index (χ1n) is 6.61. The van der Waals surface area contributed by atoms with Crippen LogP contribution in [-0.4, -0.2) is 22.7 Å². The third-order valence-electron chi connectivity index (χ3n) is 3.28. The molecule has 1 aromatic carbocycles. The van der Waals surface area contributed by atoms with Gasteiger partial charge < -0.3 is 10.5 Å². The van der Waals surface area contributed by atoms with Crippen molar-refractivity contribution < 1.29 is 9.53 Å². The lowest BCUT2D eigenvalue weighted by Crippen LogP contribution is -2.14. The van der Waals surface area contributed by atoms with Crippen molar-refractivity contribution >= 4 is 5.78 Å². The van der Waals surface area contributed by atoms with Crippen LogP contribution in [0.2, 0.25) is 0 Å². The number of ether oxygens (including phenoxy) is 1. The third-order valence-corrected chi connectivity index (χ3v) is 3.28. The van der Waals surface area contributed by atoms with E-state index in [-0.39, 0.29) is 5.78 Å². The van der Waals surface area contributed by atoms with Gasteiger partial charge in [0.2, 0.25) is 0 Å². The van der Waals surface area contributed by atoms with Gasteiger partial charge in [-0.3, -0.25) is 9.48 Å². The Morgan fingerprint density at radius 3 is 2.65 bits per heavy atom. The zero-order chi connectivity index (χ0) is 14.5. The van der Waals surface area contributed by atoms with Gasteiger partial charge in [0.05, 0.1) is 13.3 Å². The molecule has 0 saturated heterocycles. The molecule has 0 radical (unpaired) electrons. The van der Waals surface area contributed by atoms with E-state index in [9.17, 15) is 4.79 Å². The highest BCUT2D eigenvalue weighted by molar-refractivity contribution is 5.98. The molecule has 0 bridgehead atoms. The van der Waals surface area contributed by atoms with E-state index in [1.807, 2.05) is 31.2 Å². The number of aryl methyl sites for hydroxylation is 1. The van der Waals surface area contributed by atoms with Crippen LogP contribution < -0.4 is 10.5 Å². The number of aromatic nitrogens is 2. The summed E-state index contributed by atoms with van der Waals surface area (Å²) in [6.45, 7) is 2.99. The highest BCUT2D eigenvalue weighted by atomic mass is 16.5. The van der Waals surface area contributed by atoms with Gasteiger partial charge in [-0.1, -0.05) is 24.3 Å². The Bertz CT molecular complexity index is 583. The van der Waals surface area contributed by atoms with Gasteiger partial charge in [-0.05, 0) is 18.1 Å². The number of ketones is 1. The van der Waals surface area contributed by atoms with Crippen LogP contribution in [-0.2, 0) is 19.5 Å². The van der Waals surface area contributed by atoms with Crippen LogP contribution in [0.25, 0.3) is 0 Å². The Morgan fingerprint density at radius 1 is 1.35 bits per heavy atom. The van der Waals surface area contributed by atoms with Crippen LogP contribution in [0.5, 0.6) is 5.75 Å². The number of carbonyl (C=O) groups excluding carboxylic acids is 1. The molecule has 2 N–H and O–H groups in total. The molecule has 0 aliphatic heterocycles. The summed E-state index contributed by atoms with van der Waals surface area (Å²) in [6.07, 6.45) is 1.88. The van der Waals surface area contributed by atoms with Crippen LogP contribution in [0.15, 0.2) is 30.5 Å². The number of carbonyl (C=O) groups is 1. The van der Waals surface area contributed by atoms with E-state index in [0.29, 0.717) is 31.0 Å². The lowest BCUT2D eigenvalue weighted by molar-refractivity contribution is 0.0979. The topological polar surface area (TPSA) is 70.1 Å². The fraction of sp³-hybridized carbons (Fsp3) is 0.333. The molecule has 2 aromatic rings. The quantitative estimate of drug-likeness (QED) is 0.815. The molecular weight excluding hydrogens is 254 g/mol. The average Bonchev–Trinajstić information content (AvgIpc) is 2.90. The Hall–Kier alpha value is -2.14. The maximum absolute atomic E-state index is 12.5. The van der Waals surface area contributed by atoms with Crippen molar-refractivity contribution in [3.8, 4) is 5.75 Å². The molecule has 5 nitrogen and oxygen atoms in total. The summed E-state index contributed by atoms with van der Waals surface area (Å²) >= 11 is 0. The summed E-state index contributed by atoms with van der Waals surface area (Å²) in [5.74, 6) is 0.504. The lowest BCUT2D eigenvalue weighted by atomic mass is 10.0. The van der Waals surface area contributed by atoms with E-state index in [1.54, 1.807) is 18.0 Å². The van der Waals surface area contributed by atoms with E-state index < -0.39 is 0 Å². The van der Waals surface area contributed by atoms with E-state index in [4.69, 9.17) is 10.5 Å². The second-order valence-corrected chi connectivity index (χ2v) is 4.45. The molecule has 0 saturated carbocycles. The van der Waals surface area contributed by atoms with Gasteiger partial charge in [-0.25, -0.2) is 0 Å². The molecule has 1 aromatic heterocycles. The lowest BCUT2D eigenvalue weighted by Gasteiger charge is -2.09. The predicted octanol–water partition coefficient (Wildman–Crippen LogP) is 1.80. The minimum Gasteiger partial charge on any atom is -0.493 e. The highest BCUT2D eigenvalue weighted by Gasteiger charge is 2.19. The first kappa shape index (κ1) is 14.3. The zero-order valence-electron chi connectivity index (χ0n) is 11.8. The van der Waals surface area contributed by atoms with Crippen LogP contribution in [0.4, 0.5) is 0 Å². The molecule has 1 heterocycles. The highest BCUT2D eigenvalue weighted by Crippen LogP contribution is 2.20. The van der Waals surface area contributed by atoms with Gasteiger partial charge >= 0.3 is 0 Å². The Morgan fingerprint density at radius 2 is 2.05 bits per heavy atom. The largest absolute Gasteiger partial charge is 0.493 e. The van der Waals surface area contributed by atoms with Crippen molar-refractivity contribution in [2.75, 3.05) is 7.11 Å². The summed E-state index contributed by atoms with van der Waals surface area (Å²) < 4.78 is 6.87. The number of hydrogen-bond acceptors (Lipinski definition) is 4. The fourth-order valence-corrected chi connectivity index (χ4v) is 2.22. The molecule has 5 heteroatoms. The summed E-state index contributed by atoms with van der Waals surface area (Å²) in [5, 5.41) is 4.16. The predicted molar refractivity (Wildman–Crippen MR) is 76.8 cm³/mol. The smallest absolute Gasteiger partial charge is 0.189 e.